The Balaban J connectivity index is 1.62. The molecular weight excluding hydrogens is 368 g/mol. The van der Waals surface area contributed by atoms with Gasteiger partial charge in [-0.25, -0.2) is 0 Å². The zero-order valence-electron chi connectivity index (χ0n) is 15.8. The second-order valence-electron chi connectivity index (χ2n) is 7.21. The number of carbonyl (C=O) groups excluding carboxylic acids is 2. The Morgan fingerprint density at radius 3 is 2.54 bits per heavy atom. The number of halogens is 2. The van der Waals surface area contributed by atoms with Crippen molar-refractivity contribution in [2.45, 2.75) is 38.3 Å². The van der Waals surface area contributed by atoms with Crippen LogP contribution in [-0.4, -0.2) is 48.4 Å². The fourth-order valence-electron chi connectivity index (χ4n) is 3.52. The summed E-state index contributed by atoms with van der Waals surface area (Å²) >= 11 is 0. The van der Waals surface area contributed by atoms with Crippen LogP contribution in [0, 0.1) is 5.92 Å². The molecule has 1 aromatic heterocycles. The molecule has 0 unspecified atom stereocenters. The standard InChI is InChI=1S/C20H23F2N3O3/c1-25(2)19(27)12-3-6-15(7-4-12)24-18(26)14-9-13-5-8-16(28-20(21)22)10-17(13)23-11-14/h5,8-12,15,20H,3-4,6-7H2,1-2H3,(H,24,26)/t12-,15-. The molecular formula is C20H23F2N3O3. The molecule has 1 fully saturated rings. The zero-order valence-corrected chi connectivity index (χ0v) is 15.8. The van der Waals surface area contributed by atoms with E-state index in [0.717, 1.165) is 25.7 Å². The number of fused-ring (bicyclic) bond motifs is 1. The third kappa shape index (κ3) is 4.74. The summed E-state index contributed by atoms with van der Waals surface area (Å²) in [6, 6.07) is 6.11. The summed E-state index contributed by atoms with van der Waals surface area (Å²) in [5.74, 6) is -0.0465. The zero-order chi connectivity index (χ0) is 20.3. The van der Waals surface area contributed by atoms with Crippen LogP contribution in [0.2, 0.25) is 0 Å². The molecule has 6 nitrogen and oxygen atoms in total. The van der Waals surface area contributed by atoms with Crippen LogP contribution in [0.15, 0.2) is 30.5 Å². The maximum absolute atomic E-state index is 12.5. The third-order valence-corrected chi connectivity index (χ3v) is 5.00. The van der Waals surface area contributed by atoms with E-state index in [1.165, 1.54) is 18.3 Å². The molecule has 0 radical (unpaired) electrons. The van der Waals surface area contributed by atoms with Crippen LogP contribution in [0.1, 0.15) is 36.0 Å². The highest BCUT2D eigenvalue weighted by Gasteiger charge is 2.28. The summed E-state index contributed by atoms with van der Waals surface area (Å²) in [5, 5.41) is 3.66. The highest BCUT2D eigenvalue weighted by Crippen LogP contribution is 2.26. The predicted molar refractivity (Wildman–Crippen MR) is 100 cm³/mol. The number of aromatic nitrogens is 1. The smallest absolute Gasteiger partial charge is 0.387 e. The molecule has 1 aliphatic carbocycles. The average Bonchev–Trinajstić information content (AvgIpc) is 2.67. The maximum Gasteiger partial charge on any atom is 0.387 e. The van der Waals surface area contributed by atoms with Crippen molar-refractivity contribution in [2.75, 3.05) is 14.1 Å². The van der Waals surface area contributed by atoms with Gasteiger partial charge in [-0.05, 0) is 43.9 Å². The van der Waals surface area contributed by atoms with Crippen LogP contribution in [0.4, 0.5) is 8.78 Å². The van der Waals surface area contributed by atoms with E-state index in [1.54, 1.807) is 31.1 Å². The van der Waals surface area contributed by atoms with Crippen LogP contribution < -0.4 is 10.1 Å². The van der Waals surface area contributed by atoms with E-state index in [9.17, 15) is 18.4 Å². The molecule has 0 aliphatic heterocycles. The van der Waals surface area contributed by atoms with E-state index >= 15 is 0 Å². The molecule has 1 heterocycles. The van der Waals surface area contributed by atoms with Gasteiger partial charge in [0, 0.05) is 43.7 Å². The van der Waals surface area contributed by atoms with Gasteiger partial charge in [0.15, 0.2) is 0 Å². The van der Waals surface area contributed by atoms with Gasteiger partial charge in [-0.3, -0.25) is 14.6 Å². The van der Waals surface area contributed by atoms with Crippen molar-refractivity contribution in [3.05, 3.63) is 36.0 Å². The number of hydrogen-bond donors (Lipinski definition) is 1. The van der Waals surface area contributed by atoms with E-state index in [4.69, 9.17) is 0 Å². The van der Waals surface area contributed by atoms with Gasteiger partial charge in [-0.15, -0.1) is 0 Å². The van der Waals surface area contributed by atoms with Gasteiger partial charge in [-0.1, -0.05) is 0 Å². The fraction of sp³-hybridized carbons (Fsp3) is 0.450. The van der Waals surface area contributed by atoms with Gasteiger partial charge >= 0.3 is 6.61 Å². The summed E-state index contributed by atoms with van der Waals surface area (Å²) in [5.41, 5.74) is 0.874. The van der Waals surface area contributed by atoms with Crippen LogP contribution in [-0.2, 0) is 4.79 Å². The Morgan fingerprint density at radius 1 is 1.18 bits per heavy atom. The lowest BCUT2D eigenvalue weighted by atomic mass is 9.85. The van der Waals surface area contributed by atoms with E-state index in [-0.39, 0.29) is 29.5 Å². The number of pyridine rings is 1. The van der Waals surface area contributed by atoms with Crippen molar-refractivity contribution in [1.29, 1.82) is 0 Å². The first-order valence-corrected chi connectivity index (χ1v) is 9.20. The van der Waals surface area contributed by atoms with Gasteiger partial charge in [0.05, 0.1) is 11.1 Å². The topological polar surface area (TPSA) is 71.5 Å². The Labute approximate surface area is 161 Å². The van der Waals surface area contributed by atoms with Crippen LogP contribution in [0.3, 0.4) is 0 Å². The minimum atomic E-state index is -2.90. The number of alkyl halides is 2. The molecule has 0 saturated heterocycles. The minimum absolute atomic E-state index is 0.0233. The van der Waals surface area contributed by atoms with Crippen LogP contribution in [0.5, 0.6) is 5.75 Å². The third-order valence-electron chi connectivity index (χ3n) is 5.00. The minimum Gasteiger partial charge on any atom is -0.435 e. The molecule has 0 atom stereocenters. The van der Waals surface area contributed by atoms with Crippen molar-refractivity contribution >= 4 is 22.7 Å². The molecule has 0 spiro atoms. The number of nitrogens with one attached hydrogen (secondary N) is 1. The molecule has 3 rings (SSSR count). The van der Waals surface area contributed by atoms with Gasteiger partial charge in [0.2, 0.25) is 5.91 Å². The Bertz CT molecular complexity index is 865. The maximum atomic E-state index is 12.5. The van der Waals surface area contributed by atoms with Crippen molar-refractivity contribution in [3.63, 3.8) is 0 Å². The fourth-order valence-corrected chi connectivity index (χ4v) is 3.52. The largest absolute Gasteiger partial charge is 0.435 e. The number of hydrogen-bond acceptors (Lipinski definition) is 4. The van der Waals surface area contributed by atoms with Crippen molar-refractivity contribution in [3.8, 4) is 5.75 Å². The first-order chi connectivity index (χ1) is 13.3. The summed E-state index contributed by atoms with van der Waals surface area (Å²) in [7, 11) is 3.51. The van der Waals surface area contributed by atoms with E-state index in [2.05, 4.69) is 15.0 Å². The van der Waals surface area contributed by atoms with Crippen molar-refractivity contribution < 1.29 is 23.1 Å². The van der Waals surface area contributed by atoms with Crippen LogP contribution in [0.25, 0.3) is 10.9 Å². The van der Waals surface area contributed by atoms with Crippen molar-refractivity contribution in [1.82, 2.24) is 15.2 Å². The number of ether oxygens (including phenoxy) is 1. The molecule has 0 bridgehead atoms. The summed E-state index contributed by atoms with van der Waals surface area (Å²) in [6.07, 6.45) is 4.44. The average molecular weight is 391 g/mol. The van der Waals surface area contributed by atoms with E-state index in [1.807, 2.05) is 0 Å². The molecule has 150 valence electrons. The van der Waals surface area contributed by atoms with Gasteiger partial charge < -0.3 is 15.0 Å². The molecule has 2 aromatic rings. The normalized spacial score (nSPS) is 19.5. The predicted octanol–water partition coefficient (Wildman–Crippen LogP) is 3.21. The Morgan fingerprint density at radius 2 is 1.89 bits per heavy atom. The summed E-state index contributed by atoms with van der Waals surface area (Å²) in [6.45, 7) is -2.90. The Hall–Kier alpha value is -2.77. The molecule has 1 N–H and O–H groups in total. The van der Waals surface area contributed by atoms with E-state index in [0.29, 0.717) is 16.5 Å². The van der Waals surface area contributed by atoms with Crippen LogP contribution >= 0.6 is 0 Å². The van der Waals surface area contributed by atoms with Gasteiger partial charge in [-0.2, -0.15) is 8.78 Å². The molecule has 28 heavy (non-hydrogen) atoms. The first-order valence-electron chi connectivity index (χ1n) is 9.20. The van der Waals surface area contributed by atoms with Gasteiger partial charge in [0.1, 0.15) is 5.75 Å². The molecule has 8 heteroatoms. The second-order valence-corrected chi connectivity index (χ2v) is 7.21. The number of nitrogens with zero attached hydrogens (tertiary/aromatic N) is 2. The highest BCUT2D eigenvalue weighted by atomic mass is 19.3. The highest BCUT2D eigenvalue weighted by molar-refractivity contribution is 5.97. The number of carbonyl (C=O) groups is 2. The lowest BCUT2D eigenvalue weighted by Gasteiger charge is -2.29. The Kier molecular flexibility index (Phi) is 6.06. The molecule has 2 amide bonds. The second kappa shape index (κ2) is 8.50. The summed E-state index contributed by atoms with van der Waals surface area (Å²) < 4.78 is 29.0. The molecule has 1 aromatic carbocycles. The lowest BCUT2D eigenvalue weighted by molar-refractivity contribution is -0.134. The SMILES string of the molecule is CN(C)C(=O)[C@H]1CC[C@H](NC(=O)c2cnc3cc(OC(F)F)ccc3c2)CC1. The number of rotatable bonds is 5. The lowest BCUT2D eigenvalue weighted by Crippen LogP contribution is -2.40. The van der Waals surface area contributed by atoms with Crippen molar-refractivity contribution in [2.24, 2.45) is 5.92 Å². The molecule has 1 saturated carbocycles. The number of amides is 2. The quantitative estimate of drug-likeness (QED) is 0.850. The summed E-state index contributed by atoms with van der Waals surface area (Å²) in [4.78, 5) is 30.4. The van der Waals surface area contributed by atoms with Gasteiger partial charge in [0.25, 0.3) is 5.91 Å². The monoisotopic (exact) mass is 391 g/mol. The number of benzene rings is 1. The molecule has 1 aliphatic rings. The van der Waals surface area contributed by atoms with E-state index < -0.39 is 6.61 Å². The first kappa shape index (κ1) is 20.0.